The van der Waals surface area contributed by atoms with Crippen molar-refractivity contribution in [2.45, 2.75) is 15.2 Å². The van der Waals surface area contributed by atoms with Crippen molar-refractivity contribution in [3.63, 3.8) is 0 Å². The van der Waals surface area contributed by atoms with Gasteiger partial charge in [0.25, 0.3) is 0 Å². The summed E-state index contributed by atoms with van der Waals surface area (Å²) in [4.78, 5) is 19.9. The molecule has 4 heterocycles. The second kappa shape index (κ2) is 15.4. The number of rotatable bonds is 6. The van der Waals surface area contributed by atoms with Gasteiger partial charge in [-0.25, -0.2) is 9.97 Å². The smallest absolute Gasteiger partial charge is 0.239 e. The Morgan fingerprint density at radius 3 is 1.21 bits per heavy atom. The van der Waals surface area contributed by atoms with Crippen molar-refractivity contribution in [2.75, 3.05) is 0 Å². The van der Waals surface area contributed by atoms with E-state index in [0.29, 0.717) is 11.9 Å². The minimum atomic E-state index is -3.51. The zero-order chi connectivity index (χ0) is 46.7. The minimum Gasteiger partial charge on any atom is -0.278 e. The van der Waals surface area contributed by atoms with Crippen LogP contribution in [0.3, 0.4) is 0 Å². The third-order valence-corrected chi connectivity index (χ3v) is 20.8. The first-order chi connectivity index (χ1) is 35.2. The van der Waals surface area contributed by atoms with Gasteiger partial charge in [0, 0.05) is 31.3 Å². The largest absolute Gasteiger partial charge is 0.278 e. The van der Waals surface area contributed by atoms with E-state index in [4.69, 9.17) is 15.0 Å². The van der Waals surface area contributed by atoms with E-state index in [1.807, 2.05) is 11.8 Å². The van der Waals surface area contributed by atoms with Gasteiger partial charge in [0.1, 0.15) is 5.45 Å². The molecule has 0 bridgehead atoms. The van der Waals surface area contributed by atoms with Crippen molar-refractivity contribution >= 4 is 84.5 Å². The molecule has 7 heteroatoms. The summed E-state index contributed by atoms with van der Waals surface area (Å²) in [7, 11) is -3.51. The van der Waals surface area contributed by atoms with Crippen LogP contribution in [-0.2, 0) is 5.41 Å². The lowest BCUT2D eigenvalue weighted by molar-refractivity contribution is 0.723. The average Bonchev–Trinajstić information content (AvgIpc) is 4.07. The number of benzene rings is 10. The molecule has 15 rings (SSSR count). The van der Waals surface area contributed by atoms with Gasteiger partial charge >= 0.3 is 0 Å². The van der Waals surface area contributed by atoms with Gasteiger partial charge in [-0.2, -0.15) is 4.98 Å². The molecule has 332 valence electrons. The number of hydrogen-bond donors (Lipinski definition) is 0. The summed E-state index contributed by atoms with van der Waals surface area (Å²) in [6.07, 6.45) is 0. The first-order valence-corrected chi connectivity index (χ1v) is 27.0. The maximum absolute atomic E-state index is 5.91. The van der Waals surface area contributed by atoms with E-state index in [1.54, 1.807) is 0 Å². The van der Waals surface area contributed by atoms with E-state index in [1.165, 1.54) is 58.7 Å². The predicted molar refractivity (Wildman–Crippen MR) is 294 cm³/mol. The minimum absolute atomic E-state index is 0.507. The molecule has 0 fully saturated rings. The molecule has 5 nitrogen and oxygen atoms in total. The van der Waals surface area contributed by atoms with Crippen LogP contribution < -0.4 is 21.0 Å². The first kappa shape index (κ1) is 40.3. The molecule has 0 saturated heterocycles. The van der Waals surface area contributed by atoms with E-state index < -0.39 is 13.5 Å². The molecule has 0 saturated carbocycles. The summed E-state index contributed by atoms with van der Waals surface area (Å²) in [6, 6.07) is 91.1. The van der Waals surface area contributed by atoms with Crippen molar-refractivity contribution in [3.8, 4) is 23.0 Å². The molecule has 13 aromatic rings. The van der Waals surface area contributed by atoms with Gasteiger partial charge in [0.15, 0.2) is 0 Å². The molecular formula is C64H41N5SSi. The predicted octanol–water partition coefficient (Wildman–Crippen LogP) is 12.3. The standard InChI is InChI=1S/C64H41N5SSi/c1-3-21-42(22-4-1)71(43-23-5-2-6-24-43,44-39-40-54-60(41-44)70-59-38-20-15-33-53(59)64(54)51-31-13-7-25-45(51)46-26-8-14-32-52(46)64)63-66-61(68-55-34-16-9-27-47(55)48-28-10-17-35-56(48)68)65-62(67-63)69-57-36-18-11-29-49(57)50-30-12-19-37-58(50)69/h1-41H. The molecule has 2 aliphatic rings. The molecule has 1 aliphatic carbocycles. The van der Waals surface area contributed by atoms with Crippen molar-refractivity contribution < 1.29 is 0 Å². The third kappa shape index (κ3) is 5.55. The normalized spacial score (nSPS) is 13.4. The summed E-state index contributed by atoms with van der Waals surface area (Å²) in [6.45, 7) is 0. The molecule has 0 unspecified atom stereocenters. The molecule has 1 aliphatic heterocycles. The van der Waals surface area contributed by atoms with Gasteiger partial charge in [0.2, 0.25) is 20.0 Å². The fourth-order valence-corrected chi connectivity index (χ4v) is 18.1. The summed E-state index contributed by atoms with van der Waals surface area (Å²) in [5.74, 6) is 1.15. The highest BCUT2D eigenvalue weighted by atomic mass is 32.2. The van der Waals surface area contributed by atoms with Crippen LogP contribution in [0.15, 0.2) is 259 Å². The highest BCUT2D eigenvalue weighted by Crippen LogP contribution is 2.62. The molecule has 1 spiro atoms. The lowest BCUT2D eigenvalue weighted by Crippen LogP contribution is -2.76. The Balaban J connectivity index is 1.08. The van der Waals surface area contributed by atoms with Gasteiger partial charge in [0.05, 0.1) is 27.5 Å². The fraction of sp³-hybridized carbons (Fsp3) is 0.0156. The van der Waals surface area contributed by atoms with Crippen LogP contribution in [0.5, 0.6) is 0 Å². The summed E-state index contributed by atoms with van der Waals surface area (Å²) >= 11 is 1.88. The van der Waals surface area contributed by atoms with Crippen molar-refractivity contribution in [3.05, 3.63) is 271 Å². The van der Waals surface area contributed by atoms with Crippen LogP contribution in [0.25, 0.3) is 66.6 Å². The Kier molecular flexibility index (Phi) is 8.76. The van der Waals surface area contributed by atoms with Gasteiger partial charge in [-0.05, 0) is 85.3 Å². The maximum atomic E-state index is 5.91. The average molecular weight is 940 g/mol. The van der Waals surface area contributed by atoms with Crippen molar-refractivity contribution in [1.82, 2.24) is 24.1 Å². The number of fused-ring (bicyclic) bond motifs is 15. The highest BCUT2D eigenvalue weighted by molar-refractivity contribution is 7.99. The molecule has 10 aromatic carbocycles. The number of nitrogens with zero attached hydrogens (tertiary/aromatic N) is 5. The van der Waals surface area contributed by atoms with E-state index >= 15 is 0 Å². The molecular weight excluding hydrogens is 899 g/mol. The molecule has 0 amide bonds. The Bertz CT molecular complexity index is 3970. The lowest BCUT2D eigenvalue weighted by atomic mass is 9.67. The van der Waals surface area contributed by atoms with Crippen LogP contribution >= 0.6 is 11.8 Å². The highest BCUT2D eigenvalue weighted by Gasteiger charge is 2.52. The third-order valence-electron chi connectivity index (χ3n) is 15.2. The SMILES string of the molecule is c1ccc([Si](c2ccccc2)(c2ccc3c(c2)Sc2ccccc2C32c3ccccc3-c3ccccc32)c2nc(-n3c4ccccc4c4ccccc43)nc(-n3c4ccccc4c4ccccc43)n2)cc1. The van der Waals surface area contributed by atoms with Crippen LogP contribution in [0.1, 0.15) is 22.3 Å². The van der Waals surface area contributed by atoms with Gasteiger partial charge in [-0.1, -0.05) is 224 Å². The van der Waals surface area contributed by atoms with Gasteiger partial charge in [-0.3, -0.25) is 9.13 Å². The Hall–Kier alpha value is -8.62. The zero-order valence-electron chi connectivity index (χ0n) is 38.3. The molecule has 0 atom stereocenters. The number of para-hydroxylation sites is 4. The zero-order valence-corrected chi connectivity index (χ0v) is 40.1. The van der Waals surface area contributed by atoms with Crippen LogP contribution in [-0.4, -0.2) is 32.2 Å². The van der Waals surface area contributed by atoms with E-state index in [0.717, 1.165) is 49.1 Å². The Morgan fingerprint density at radius 2 is 0.718 bits per heavy atom. The quantitative estimate of drug-likeness (QED) is 0.123. The van der Waals surface area contributed by atoms with Crippen molar-refractivity contribution in [1.29, 1.82) is 0 Å². The number of hydrogen-bond acceptors (Lipinski definition) is 4. The van der Waals surface area contributed by atoms with Crippen LogP contribution in [0.2, 0.25) is 0 Å². The van der Waals surface area contributed by atoms with Crippen molar-refractivity contribution in [2.24, 2.45) is 0 Å². The first-order valence-electron chi connectivity index (χ1n) is 24.2. The molecule has 0 radical (unpaired) electrons. The van der Waals surface area contributed by atoms with Gasteiger partial charge in [-0.15, -0.1) is 0 Å². The second-order valence-electron chi connectivity index (χ2n) is 18.6. The van der Waals surface area contributed by atoms with E-state index in [9.17, 15) is 0 Å². The summed E-state index contributed by atoms with van der Waals surface area (Å²) in [5, 5.41) is 8.16. The summed E-state index contributed by atoms with van der Waals surface area (Å²) in [5.41, 5.74) is 12.2. The Morgan fingerprint density at radius 1 is 0.324 bits per heavy atom. The molecule has 3 aromatic heterocycles. The van der Waals surface area contributed by atoms with E-state index in [-0.39, 0.29) is 0 Å². The topological polar surface area (TPSA) is 48.5 Å². The summed E-state index contributed by atoms with van der Waals surface area (Å²) < 4.78 is 4.50. The monoisotopic (exact) mass is 939 g/mol. The molecule has 71 heavy (non-hydrogen) atoms. The lowest BCUT2D eigenvalue weighted by Gasteiger charge is -2.40. The van der Waals surface area contributed by atoms with E-state index in [2.05, 4.69) is 258 Å². The van der Waals surface area contributed by atoms with Gasteiger partial charge < -0.3 is 0 Å². The maximum Gasteiger partial charge on any atom is 0.239 e. The Labute approximate surface area is 415 Å². The molecule has 0 N–H and O–H groups in total. The van der Waals surface area contributed by atoms with Crippen LogP contribution in [0, 0.1) is 0 Å². The van der Waals surface area contributed by atoms with Crippen LogP contribution in [0.4, 0.5) is 0 Å². The number of aromatic nitrogens is 5. The second-order valence-corrected chi connectivity index (χ2v) is 23.4. The fourth-order valence-electron chi connectivity index (χ4n) is 12.4.